The van der Waals surface area contributed by atoms with Gasteiger partial charge in [0.05, 0.1) is 24.5 Å². The van der Waals surface area contributed by atoms with Gasteiger partial charge in [-0.25, -0.2) is 0 Å². The van der Waals surface area contributed by atoms with E-state index in [9.17, 15) is 0 Å². The van der Waals surface area contributed by atoms with Crippen molar-refractivity contribution in [3.8, 4) is 5.75 Å². The number of nitrogens with zero attached hydrogens (tertiary/aromatic N) is 2. The molecule has 1 N–H and O–H groups in total. The molecule has 108 valence electrons. The molecule has 20 heavy (non-hydrogen) atoms. The van der Waals surface area contributed by atoms with Crippen LogP contribution in [0, 0.1) is 6.92 Å². The summed E-state index contributed by atoms with van der Waals surface area (Å²) in [6.45, 7) is 5.03. The maximum absolute atomic E-state index is 5.44. The van der Waals surface area contributed by atoms with Gasteiger partial charge in [-0.15, -0.1) is 0 Å². The maximum Gasteiger partial charge on any atom is 0.122 e. The Morgan fingerprint density at radius 2 is 2.10 bits per heavy atom. The fourth-order valence-electron chi connectivity index (χ4n) is 2.55. The summed E-state index contributed by atoms with van der Waals surface area (Å²) in [6, 6.07) is 10.5. The largest absolute Gasteiger partial charge is 0.496 e. The Morgan fingerprint density at radius 3 is 2.75 bits per heavy atom. The molecule has 0 fully saturated rings. The van der Waals surface area contributed by atoms with Crippen molar-refractivity contribution in [3.63, 3.8) is 0 Å². The van der Waals surface area contributed by atoms with E-state index < -0.39 is 0 Å². The summed E-state index contributed by atoms with van der Waals surface area (Å²) in [5.74, 6) is 0.937. The fraction of sp³-hybridized carbons (Fsp3) is 0.438. The molecule has 0 saturated heterocycles. The topological polar surface area (TPSA) is 39.1 Å². The second-order valence-corrected chi connectivity index (χ2v) is 4.88. The lowest BCUT2D eigenvalue weighted by molar-refractivity contribution is 0.405. The van der Waals surface area contributed by atoms with E-state index in [0.29, 0.717) is 0 Å². The second-order valence-electron chi connectivity index (χ2n) is 4.88. The number of rotatable bonds is 6. The second kappa shape index (κ2) is 6.57. The molecule has 0 aliphatic rings. The van der Waals surface area contributed by atoms with Crippen LogP contribution < -0.4 is 10.1 Å². The van der Waals surface area contributed by atoms with Gasteiger partial charge in [-0.3, -0.25) is 4.68 Å². The van der Waals surface area contributed by atoms with E-state index in [1.54, 1.807) is 7.11 Å². The molecule has 0 bridgehead atoms. The summed E-state index contributed by atoms with van der Waals surface area (Å²) in [7, 11) is 3.70. The minimum Gasteiger partial charge on any atom is -0.496 e. The highest BCUT2D eigenvalue weighted by atomic mass is 16.5. The van der Waals surface area contributed by atoms with Crippen LogP contribution in [0.2, 0.25) is 0 Å². The molecule has 2 aromatic rings. The van der Waals surface area contributed by atoms with Crippen molar-refractivity contribution in [2.75, 3.05) is 14.2 Å². The molecule has 1 aromatic carbocycles. The number of methoxy groups -OCH3 is 1. The van der Waals surface area contributed by atoms with Gasteiger partial charge in [-0.05, 0) is 45.0 Å². The van der Waals surface area contributed by atoms with Crippen molar-refractivity contribution in [2.24, 2.45) is 0 Å². The Kier molecular flexibility index (Phi) is 4.79. The van der Waals surface area contributed by atoms with Crippen molar-refractivity contribution in [3.05, 3.63) is 47.3 Å². The molecule has 1 atom stereocenters. The van der Waals surface area contributed by atoms with Crippen LogP contribution in [-0.4, -0.2) is 23.9 Å². The third-order valence-electron chi connectivity index (χ3n) is 3.55. The summed E-state index contributed by atoms with van der Waals surface area (Å²) < 4.78 is 7.50. The molecule has 0 radical (unpaired) electrons. The first kappa shape index (κ1) is 14.6. The minimum absolute atomic E-state index is 0.229. The lowest BCUT2D eigenvalue weighted by Gasteiger charge is -2.19. The quantitative estimate of drug-likeness (QED) is 0.879. The zero-order chi connectivity index (χ0) is 14.5. The predicted molar refractivity (Wildman–Crippen MR) is 81.1 cm³/mol. The summed E-state index contributed by atoms with van der Waals surface area (Å²) in [6.07, 6.45) is 0.881. The molecule has 4 nitrogen and oxygen atoms in total. The Bertz CT molecular complexity index is 563. The average molecular weight is 273 g/mol. The molecule has 1 aromatic heterocycles. The lowest BCUT2D eigenvalue weighted by Crippen LogP contribution is -2.22. The lowest BCUT2D eigenvalue weighted by atomic mass is 10.0. The van der Waals surface area contributed by atoms with E-state index >= 15 is 0 Å². The third-order valence-corrected chi connectivity index (χ3v) is 3.55. The van der Waals surface area contributed by atoms with Gasteiger partial charge in [0.1, 0.15) is 5.75 Å². The van der Waals surface area contributed by atoms with Crippen LogP contribution in [-0.2, 0) is 13.0 Å². The van der Waals surface area contributed by atoms with Gasteiger partial charge in [0.15, 0.2) is 0 Å². The zero-order valence-electron chi connectivity index (χ0n) is 12.7. The average Bonchev–Trinajstić information content (AvgIpc) is 2.86. The van der Waals surface area contributed by atoms with E-state index in [0.717, 1.165) is 24.4 Å². The van der Waals surface area contributed by atoms with Crippen LogP contribution in [0.4, 0.5) is 0 Å². The summed E-state index contributed by atoms with van der Waals surface area (Å²) in [4.78, 5) is 0. The Hall–Kier alpha value is -1.81. The highest BCUT2D eigenvalue weighted by Gasteiger charge is 2.17. The first-order valence-corrected chi connectivity index (χ1v) is 7.03. The first-order valence-electron chi connectivity index (χ1n) is 7.03. The highest BCUT2D eigenvalue weighted by Crippen LogP contribution is 2.25. The first-order chi connectivity index (χ1) is 9.69. The van der Waals surface area contributed by atoms with Crippen molar-refractivity contribution in [1.29, 1.82) is 0 Å². The number of ether oxygens (including phenoxy) is 1. The number of aromatic nitrogens is 2. The molecule has 0 aliphatic carbocycles. The van der Waals surface area contributed by atoms with E-state index in [2.05, 4.69) is 34.2 Å². The monoisotopic (exact) mass is 273 g/mol. The highest BCUT2D eigenvalue weighted by molar-refractivity contribution is 5.34. The molecule has 2 rings (SSSR count). The van der Waals surface area contributed by atoms with Crippen LogP contribution in [0.3, 0.4) is 0 Å². The Labute approximate surface area is 120 Å². The molecular formula is C16H23N3O. The van der Waals surface area contributed by atoms with Crippen LogP contribution in [0.5, 0.6) is 5.75 Å². The molecule has 1 heterocycles. The van der Waals surface area contributed by atoms with Gasteiger partial charge < -0.3 is 10.1 Å². The smallest absolute Gasteiger partial charge is 0.122 e. The Balaban J connectivity index is 2.28. The SMILES string of the molecule is CCn1nc(C)cc1C(Cc1ccccc1OC)NC. The van der Waals surface area contributed by atoms with Gasteiger partial charge in [0.25, 0.3) is 0 Å². The van der Waals surface area contributed by atoms with Crippen molar-refractivity contribution >= 4 is 0 Å². The van der Waals surface area contributed by atoms with E-state index in [1.165, 1.54) is 11.3 Å². The molecular weight excluding hydrogens is 250 g/mol. The van der Waals surface area contributed by atoms with Crippen LogP contribution in [0.15, 0.2) is 30.3 Å². The van der Waals surface area contributed by atoms with Gasteiger partial charge in [0.2, 0.25) is 0 Å². The van der Waals surface area contributed by atoms with Crippen molar-refractivity contribution in [2.45, 2.75) is 32.9 Å². The minimum atomic E-state index is 0.229. The van der Waals surface area contributed by atoms with Gasteiger partial charge in [-0.1, -0.05) is 18.2 Å². The van der Waals surface area contributed by atoms with Crippen LogP contribution >= 0.6 is 0 Å². The third kappa shape index (κ3) is 3.02. The maximum atomic E-state index is 5.44. The number of benzene rings is 1. The number of likely N-dealkylation sites (N-methyl/N-ethyl adjacent to an activating group) is 1. The number of hydrogen-bond acceptors (Lipinski definition) is 3. The van der Waals surface area contributed by atoms with Gasteiger partial charge >= 0.3 is 0 Å². The molecule has 4 heteroatoms. The van der Waals surface area contributed by atoms with Crippen LogP contribution in [0.25, 0.3) is 0 Å². The van der Waals surface area contributed by atoms with Crippen molar-refractivity contribution in [1.82, 2.24) is 15.1 Å². The molecule has 0 saturated carbocycles. The molecule has 0 amide bonds. The molecule has 0 spiro atoms. The number of para-hydroxylation sites is 1. The predicted octanol–water partition coefficient (Wildman–Crippen LogP) is 2.72. The van der Waals surface area contributed by atoms with Gasteiger partial charge in [-0.2, -0.15) is 5.10 Å². The van der Waals surface area contributed by atoms with Gasteiger partial charge in [0, 0.05) is 6.54 Å². The molecule has 1 unspecified atom stereocenters. The number of aryl methyl sites for hydroxylation is 2. The zero-order valence-corrected chi connectivity index (χ0v) is 12.7. The van der Waals surface area contributed by atoms with E-state index in [-0.39, 0.29) is 6.04 Å². The van der Waals surface area contributed by atoms with Crippen molar-refractivity contribution < 1.29 is 4.74 Å². The number of nitrogens with one attached hydrogen (secondary N) is 1. The normalized spacial score (nSPS) is 12.4. The van der Waals surface area contributed by atoms with Crippen LogP contribution in [0.1, 0.15) is 29.9 Å². The summed E-state index contributed by atoms with van der Waals surface area (Å²) in [5.41, 5.74) is 3.48. The standard InChI is InChI=1S/C16H23N3O/c1-5-19-15(10-12(2)18-19)14(17-3)11-13-8-6-7-9-16(13)20-4/h6-10,14,17H,5,11H2,1-4H3. The van der Waals surface area contributed by atoms with E-state index in [4.69, 9.17) is 4.74 Å². The van der Waals surface area contributed by atoms with E-state index in [1.807, 2.05) is 32.2 Å². The Morgan fingerprint density at radius 1 is 1.35 bits per heavy atom. The fourth-order valence-corrected chi connectivity index (χ4v) is 2.55. The summed E-state index contributed by atoms with van der Waals surface area (Å²) >= 11 is 0. The number of hydrogen-bond donors (Lipinski definition) is 1. The summed E-state index contributed by atoms with van der Waals surface area (Å²) in [5, 5.41) is 7.92. The molecule has 0 aliphatic heterocycles.